The number of pyridine rings is 1. The van der Waals surface area contributed by atoms with Crippen molar-refractivity contribution in [3.63, 3.8) is 0 Å². The van der Waals surface area contributed by atoms with Gasteiger partial charge >= 0.3 is 6.09 Å². The molecule has 1 aromatic heterocycles. The van der Waals surface area contributed by atoms with E-state index in [1.165, 1.54) is 0 Å². The van der Waals surface area contributed by atoms with E-state index in [1.54, 1.807) is 79.5 Å². The summed E-state index contributed by atoms with van der Waals surface area (Å²) in [5, 5.41) is 10.3. The molecule has 3 amide bonds. The molecule has 3 aromatic rings. The summed E-state index contributed by atoms with van der Waals surface area (Å²) in [4.78, 5) is 74.9. The molecule has 1 aliphatic carbocycles. The first-order chi connectivity index (χ1) is 24.5. The Morgan fingerprint density at radius 2 is 1.61 bits per heavy atom. The van der Waals surface area contributed by atoms with E-state index in [0.29, 0.717) is 55.1 Å². The van der Waals surface area contributed by atoms with Crippen LogP contribution in [0, 0.1) is 0 Å². The fourth-order valence-electron chi connectivity index (χ4n) is 6.02. The third-order valence-electron chi connectivity index (χ3n) is 8.65. The number of hydrogen-bond donors (Lipinski definition) is 3. The van der Waals surface area contributed by atoms with Crippen molar-refractivity contribution in [1.82, 2.24) is 14.9 Å². The number of unbranched alkanes of at least 4 members (excludes halogenated alkanes) is 3. The second-order valence-corrected chi connectivity index (χ2v) is 13.8. The van der Waals surface area contributed by atoms with E-state index in [1.807, 2.05) is 6.92 Å². The molecule has 1 fully saturated rings. The number of carbonyl (C=O) groups excluding carboxylic acids is 3. The highest BCUT2D eigenvalue weighted by Gasteiger charge is 2.27. The van der Waals surface area contributed by atoms with Crippen LogP contribution in [0.2, 0.25) is 0 Å². The Bertz CT molecular complexity index is 1660. The molecular formula is C38H52N6O7. The number of amides is 3. The lowest BCUT2D eigenvalue weighted by molar-refractivity contribution is -0.204. The molecule has 1 heterocycles. The minimum Gasteiger partial charge on any atom is -0.444 e. The van der Waals surface area contributed by atoms with Crippen LogP contribution in [0.25, 0.3) is 0 Å². The lowest BCUT2D eigenvalue weighted by Gasteiger charge is -2.34. The average Bonchev–Trinajstić information content (AvgIpc) is 3.11. The zero-order valence-corrected chi connectivity index (χ0v) is 30.3. The maximum absolute atomic E-state index is 13.4. The van der Waals surface area contributed by atoms with Crippen molar-refractivity contribution in [2.45, 2.75) is 104 Å². The predicted molar refractivity (Wildman–Crippen MR) is 198 cm³/mol. The quantitative estimate of drug-likeness (QED) is 0.0770. The summed E-state index contributed by atoms with van der Waals surface area (Å²) in [6.45, 7) is 8.69. The van der Waals surface area contributed by atoms with Gasteiger partial charge in [0.15, 0.2) is 0 Å². The van der Waals surface area contributed by atoms with E-state index in [0.717, 1.165) is 51.4 Å². The number of ether oxygens (including phenoxy) is 1. The third kappa shape index (κ3) is 11.9. The van der Waals surface area contributed by atoms with Crippen molar-refractivity contribution < 1.29 is 24.0 Å². The van der Waals surface area contributed by atoms with Crippen LogP contribution in [-0.4, -0.2) is 70.7 Å². The molecule has 0 saturated heterocycles. The maximum atomic E-state index is 13.4. The highest BCUT2D eigenvalue weighted by Crippen LogP contribution is 2.25. The zero-order valence-electron chi connectivity index (χ0n) is 30.3. The van der Waals surface area contributed by atoms with Gasteiger partial charge < -0.3 is 20.3 Å². The van der Waals surface area contributed by atoms with Crippen molar-refractivity contribution in [3.8, 4) is 0 Å². The molecule has 2 aromatic carbocycles. The Morgan fingerprint density at radius 1 is 0.902 bits per heavy atom. The van der Waals surface area contributed by atoms with E-state index in [2.05, 4.69) is 20.9 Å². The van der Waals surface area contributed by atoms with Gasteiger partial charge in [0.2, 0.25) is 5.91 Å². The van der Waals surface area contributed by atoms with Crippen LogP contribution < -0.4 is 26.8 Å². The molecule has 0 unspecified atom stereocenters. The summed E-state index contributed by atoms with van der Waals surface area (Å²) in [5.74, 6) is -0.254. The topological polar surface area (TPSA) is 159 Å². The van der Waals surface area contributed by atoms with Crippen molar-refractivity contribution in [2.24, 2.45) is 0 Å². The molecule has 3 N–H and O–H groups in total. The largest absolute Gasteiger partial charge is 0.444 e. The minimum atomic E-state index is -0.645. The first-order valence-electron chi connectivity index (χ1n) is 18.1. The van der Waals surface area contributed by atoms with Gasteiger partial charge in [0, 0.05) is 55.4 Å². The number of hydroxylamine groups is 2. The van der Waals surface area contributed by atoms with Gasteiger partial charge in [-0.25, -0.2) is 9.86 Å². The van der Waals surface area contributed by atoms with Crippen LogP contribution >= 0.6 is 0 Å². The lowest BCUT2D eigenvalue weighted by atomic mass is 9.95. The Labute approximate surface area is 299 Å². The molecule has 4 rings (SSSR count). The van der Waals surface area contributed by atoms with E-state index in [-0.39, 0.29) is 30.2 Å². The first kappa shape index (κ1) is 39.0. The van der Waals surface area contributed by atoms with E-state index in [4.69, 9.17) is 9.57 Å². The molecule has 13 nitrogen and oxygen atoms in total. The summed E-state index contributed by atoms with van der Waals surface area (Å²) >= 11 is 0. The van der Waals surface area contributed by atoms with E-state index in [9.17, 15) is 24.0 Å². The molecule has 0 bridgehead atoms. The number of benzene rings is 1. The average molecular weight is 705 g/mol. The van der Waals surface area contributed by atoms with Crippen LogP contribution in [0.3, 0.4) is 0 Å². The SMILES string of the molecule is CCN(CCON(C(=O)CCCCCCNc1c(Nc2ccncc2)c(=O)c1=O)C1CCCCC1)C(=O)c1cccc(NC(=O)OC(C)(C)C)c1. The number of aromatic nitrogens is 1. The molecule has 0 spiro atoms. The molecule has 1 aliphatic rings. The van der Waals surface area contributed by atoms with E-state index >= 15 is 0 Å². The molecule has 0 aliphatic heterocycles. The second kappa shape index (κ2) is 19.0. The number of nitrogens with one attached hydrogen (secondary N) is 3. The Balaban J connectivity index is 1.21. The third-order valence-corrected chi connectivity index (χ3v) is 8.65. The number of hydrogen-bond acceptors (Lipinski definition) is 10. The summed E-state index contributed by atoms with van der Waals surface area (Å²) in [7, 11) is 0. The summed E-state index contributed by atoms with van der Waals surface area (Å²) < 4.78 is 5.32. The molecule has 1 saturated carbocycles. The second-order valence-electron chi connectivity index (χ2n) is 13.8. The summed E-state index contributed by atoms with van der Waals surface area (Å²) in [6, 6.07) is 10.2. The van der Waals surface area contributed by atoms with Gasteiger partial charge in [0.1, 0.15) is 17.0 Å². The molecule has 51 heavy (non-hydrogen) atoms. The summed E-state index contributed by atoms with van der Waals surface area (Å²) in [6.07, 6.45) is 11.2. The fraction of sp³-hybridized carbons (Fsp3) is 0.526. The summed E-state index contributed by atoms with van der Waals surface area (Å²) in [5.41, 5.74) is 0.439. The van der Waals surface area contributed by atoms with Gasteiger partial charge in [0.05, 0.1) is 12.6 Å². The number of carbonyl (C=O) groups is 3. The van der Waals surface area contributed by atoms with Crippen LogP contribution in [0.5, 0.6) is 0 Å². The van der Waals surface area contributed by atoms with Crippen LogP contribution in [0.1, 0.15) is 102 Å². The fourth-order valence-corrected chi connectivity index (χ4v) is 6.02. The van der Waals surface area contributed by atoms with Crippen molar-refractivity contribution in [3.05, 3.63) is 74.8 Å². The molecule has 0 atom stereocenters. The standard InChI is InChI=1S/C38H52N6O7/c1-5-43(36(48)27-14-13-15-29(26-27)42-37(49)51-38(2,3)4)24-25-50-44(30-16-9-8-10-17-30)31(45)18-11-6-7-12-21-40-32-33(35(47)34(32)46)41-28-19-22-39-23-20-28/h13-15,19-20,22-23,26,30,40H,5-12,16-18,21,24-25H2,1-4H3,(H,39,41)(H,42,49). The number of nitrogens with zero attached hydrogens (tertiary/aromatic N) is 3. The van der Waals surface area contributed by atoms with Crippen LogP contribution in [-0.2, 0) is 14.4 Å². The van der Waals surface area contributed by atoms with Gasteiger partial charge in [-0.3, -0.25) is 34.3 Å². The van der Waals surface area contributed by atoms with Crippen molar-refractivity contribution >= 4 is 40.7 Å². The highest BCUT2D eigenvalue weighted by atomic mass is 16.7. The van der Waals surface area contributed by atoms with Gasteiger partial charge in [-0.05, 0) is 83.7 Å². The monoisotopic (exact) mass is 704 g/mol. The van der Waals surface area contributed by atoms with Gasteiger partial charge in [-0.2, -0.15) is 0 Å². The minimum absolute atomic E-state index is 0.0165. The maximum Gasteiger partial charge on any atom is 0.412 e. The number of anilines is 4. The molecular weight excluding hydrogens is 652 g/mol. The zero-order chi connectivity index (χ0) is 36.8. The number of likely N-dealkylation sites (N-methyl/N-ethyl adjacent to an activating group) is 1. The first-order valence-corrected chi connectivity index (χ1v) is 18.1. The van der Waals surface area contributed by atoms with Crippen LogP contribution in [0.4, 0.5) is 27.5 Å². The molecule has 0 radical (unpaired) electrons. The molecule has 13 heteroatoms. The lowest BCUT2D eigenvalue weighted by Crippen LogP contribution is -2.43. The van der Waals surface area contributed by atoms with Gasteiger partial charge in [0.25, 0.3) is 16.8 Å². The van der Waals surface area contributed by atoms with Crippen LogP contribution in [0.15, 0.2) is 58.4 Å². The predicted octanol–water partition coefficient (Wildman–Crippen LogP) is 6.39. The number of rotatable bonds is 18. The van der Waals surface area contributed by atoms with Gasteiger partial charge in [-0.15, -0.1) is 0 Å². The molecule has 276 valence electrons. The Morgan fingerprint density at radius 3 is 2.31 bits per heavy atom. The van der Waals surface area contributed by atoms with Gasteiger partial charge in [-0.1, -0.05) is 38.2 Å². The van der Waals surface area contributed by atoms with E-state index < -0.39 is 22.6 Å². The van der Waals surface area contributed by atoms with Crippen molar-refractivity contribution in [2.75, 3.05) is 42.2 Å². The van der Waals surface area contributed by atoms with Crippen molar-refractivity contribution in [1.29, 1.82) is 0 Å². The Kier molecular flexibility index (Phi) is 14.5. The normalized spacial score (nSPS) is 13.4. The smallest absolute Gasteiger partial charge is 0.412 e. The Hall–Kier alpha value is -4.78. The highest BCUT2D eigenvalue weighted by molar-refractivity contribution is 5.96.